The van der Waals surface area contributed by atoms with Crippen LogP contribution in [0.4, 0.5) is 0 Å². The van der Waals surface area contributed by atoms with Gasteiger partial charge in [-0.1, -0.05) is 53.0 Å². The zero-order chi connectivity index (χ0) is 11.3. The third-order valence-corrected chi connectivity index (χ3v) is 6.38. The maximum Gasteiger partial charge on any atom is 0.225 e. The average Bonchev–Trinajstić information content (AvgIpc) is 2.49. The smallest absolute Gasteiger partial charge is 0.225 e. The molecular formula is C8H9Br2Cl3O. The summed E-state index contributed by atoms with van der Waals surface area (Å²) in [7, 11) is 0. The van der Waals surface area contributed by atoms with Gasteiger partial charge in [-0.2, -0.15) is 0 Å². The summed E-state index contributed by atoms with van der Waals surface area (Å²) >= 11 is 23.8. The Morgan fingerprint density at radius 1 is 1.50 bits per heavy atom. The fraction of sp³-hybridized carbons (Fsp3) is 0.875. The zero-order valence-corrected chi connectivity index (χ0v) is 13.0. The van der Waals surface area contributed by atoms with E-state index in [1.165, 1.54) is 0 Å². The van der Waals surface area contributed by atoms with Crippen LogP contribution >= 0.6 is 66.7 Å². The van der Waals surface area contributed by atoms with E-state index in [1.807, 2.05) is 13.8 Å². The normalized spacial score (nSPS) is 32.5. The van der Waals surface area contributed by atoms with Gasteiger partial charge in [-0.25, -0.2) is 0 Å². The molecule has 1 fully saturated rings. The van der Waals surface area contributed by atoms with E-state index in [0.29, 0.717) is 0 Å². The minimum absolute atomic E-state index is 0.0573. The Kier molecular flexibility index (Phi) is 3.94. The Hall–Kier alpha value is 1.50. The van der Waals surface area contributed by atoms with Crippen LogP contribution in [-0.2, 0) is 4.79 Å². The van der Waals surface area contributed by atoms with E-state index in [2.05, 4.69) is 31.9 Å². The average molecular weight is 387 g/mol. The van der Waals surface area contributed by atoms with Crippen LogP contribution in [0.25, 0.3) is 0 Å². The van der Waals surface area contributed by atoms with Gasteiger partial charge in [-0.15, -0.1) is 0 Å². The lowest BCUT2D eigenvalue weighted by atomic mass is 10.1. The molecule has 14 heavy (non-hydrogen) atoms. The highest BCUT2D eigenvalue weighted by Gasteiger charge is 2.66. The van der Waals surface area contributed by atoms with E-state index in [-0.39, 0.29) is 27.3 Å². The fourth-order valence-corrected chi connectivity index (χ4v) is 3.82. The molecule has 1 aliphatic carbocycles. The Balaban J connectivity index is 2.79. The Morgan fingerprint density at radius 2 is 1.93 bits per heavy atom. The monoisotopic (exact) mass is 384 g/mol. The summed E-state index contributed by atoms with van der Waals surface area (Å²) in [5.41, 5.74) is -0.143. The van der Waals surface area contributed by atoms with Crippen molar-refractivity contribution in [2.24, 2.45) is 17.3 Å². The summed E-state index contributed by atoms with van der Waals surface area (Å²) in [6.07, 6.45) is 0. The van der Waals surface area contributed by atoms with Crippen molar-refractivity contribution in [1.82, 2.24) is 0 Å². The van der Waals surface area contributed by atoms with E-state index >= 15 is 0 Å². The standard InChI is InChI=1S/C8H9Br2Cl3O/c1-7(2)3(4(7)6(11)14)5(9)8(10,12)13/h3-5H,1-2H3/t3-,4-,5?/m1/s1. The van der Waals surface area contributed by atoms with Gasteiger partial charge in [0.1, 0.15) is 0 Å². The van der Waals surface area contributed by atoms with Crippen LogP contribution in [0.2, 0.25) is 0 Å². The highest BCUT2D eigenvalue weighted by Crippen LogP contribution is 2.65. The van der Waals surface area contributed by atoms with Crippen molar-refractivity contribution in [1.29, 1.82) is 0 Å². The largest absolute Gasteiger partial charge is 0.281 e. The van der Waals surface area contributed by atoms with Gasteiger partial charge in [0.25, 0.3) is 0 Å². The van der Waals surface area contributed by atoms with Crippen molar-refractivity contribution in [2.75, 3.05) is 0 Å². The number of halogens is 5. The second kappa shape index (κ2) is 4.06. The van der Waals surface area contributed by atoms with Crippen molar-refractivity contribution in [3.05, 3.63) is 0 Å². The van der Waals surface area contributed by atoms with Crippen molar-refractivity contribution >= 4 is 71.9 Å². The van der Waals surface area contributed by atoms with E-state index in [4.69, 9.17) is 34.8 Å². The second-order valence-corrected chi connectivity index (χ2v) is 8.98. The molecule has 0 spiro atoms. The van der Waals surface area contributed by atoms with Crippen LogP contribution in [0.15, 0.2) is 0 Å². The SMILES string of the molecule is CC1(C)[C@@H](C(=O)Cl)[C@@H]1C(Br)C(Cl)(Cl)Br. The molecule has 82 valence electrons. The molecule has 0 N–H and O–H groups in total. The van der Waals surface area contributed by atoms with Gasteiger partial charge in [-0.05, 0) is 38.9 Å². The molecule has 0 radical (unpaired) electrons. The number of alkyl halides is 4. The number of hydrogen-bond donors (Lipinski definition) is 0. The molecule has 1 aliphatic rings. The van der Waals surface area contributed by atoms with Crippen molar-refractivity contribution in [3.63, 3.8) is 0 Å². The van der Waals surface area contributed by atoms with E-state index < -0.39 is 3.24 Å². The first-order valence-electron chi connectivity index (χ1n) is 4.00. The third-order valence-electron chi connectivity index (χ3n) is 2.78. The van der Waals surface area contributed by atoms with Gasteiger partial charge < -0.3 is 0 Å². The highest BCUT2D eigenvalue weighted by molar-refractivity contribution is 9.13. The minimum atomic E-state index is -1.07. The Bertz CT molecular complexity index is 262. The molecule has 1 rings (SSSR count). The number of hydrogen-bond acceptors (Lipinski definition) is 1. The predicted molar refractivity (Wildman–Crippen MR) is 67.7 cm³/mol. The molecular weight excluding hydrogens is 378 g/mol. The number of carbonyl (C=O) groups is 1. The summed E-state index contributed by atoms with van der Waals surface area (Å²) in [4.78, 5) is 10.9. The zero-order valence-electron chi connectivity index (χ0n) is 7.53. The first-order valence-corrected chi connectivity index (χ1v) is 6.84. The van der Waals surface area contributed by atoms with Crippen LogP contribution in [0.5, 0.6) is 0 Å². The van der Waals surface area contributed by atoms with Crippen LogP contribution in [0.1, 0.15) is 13.8 Å². The van der Waals surface area contributed by atoms with Crippen molar-refractivity contribution in [3.8, 4) is 0 Å². The van der Waals surface area contributed by atoms with Crippen molar-refractivity contribution in [2.45, 2.75) is 21.9 Å². The molecule has 0 saturated heterocycles. The lowest BCUT2D eigenvalue weighted by Crippen LogP contribution is -2.23. The maximum atomic E-state index is 11.1. The summed E-state index contributed by atoms with van der Waals surface area (Å²) < 4.78 is -1.07. The topological polar surface area (TPSA) is 17.1 Å². The van der Waals surface area contributed by atoms with Crippen molar-refractivity contribution < 1.29 is 4.79 Å². The second-order valence-electron chi connectivity index (χ2n) is 4.07. The highest BCUT2D eigenvalue weighted by atomic mass is 79.9. The van der Waals surface area contributed by atoms with Gasteiger partial charge in [0.15, 0.2) is 3.24 Å². The number of carbonyl (C=O) groups excluding carboxylic acids is 1. The molecule has 0 bridgehead atoms. The first-order chi connectivity index (χ1) is 6.10. The molecule has 1 unspecified atom stereocenters. The van der Waals surface area contributed by atoms with Gasteiger partial charge >= 0.3 is 0 Å². The molecule has 1 nitrogen and oxygen atoms in total. The lowest BCUT2D eigenvalue weighted by molar-refractivity contribution is -0.113. The van der Waals surface area contributed by atoms with Crippen LogP contribution in [0.3, 0.4) is 0 Å². The maximum absolute atomic E-state index is 11.1. The van der Waals surface area contributed by atoms with E-state index in [9.17, 15) is 4.79 Å². The van der Waals surface area contributed by atoms with Crippen LogP contribution in [0, 0.1) is 17.3 Å². The Morgan fingerprint density at radius 3 is 2.14 bits per heavy atom. The van der Waals surface area contributed by atoms with Crippen LogP contribution < -0.4 is 0 Å². The third kappa shape index (κ3) is 2.42. The van der Waals surface area contributed by atoms with Crippen LogP contribution in [-0.4, -0.2) is 13.3 Å². The minimum Gasteiger partial charge on any atom is -0.281 e. The quantitative estimate of drug-likeness (QED) is 0.521. The summed E-state index contributed by atoms with van der Waals surface area (Å²) in [6.45, 7) is 3.95. The predicted octanol–water partition coefficient (Wildman–Crippen LogP) is 4.31. The molecule has 0 amide bonds. The lowest BCUT2D eigenvalue weighted by Gasteiger charge is -2.19. The van der Waals surface area contributed by atoms with E-state index in [1.54, 1.807) is 0 Å². The van der Waals surface area contributed by atoms with Gasteiger partial charge in [0.2, 0.25) is 5.24 Å². The molecule has 0 heterocycles. The molecule has 0 aromatic heterocycles. The fourth-order valence-electron chi connectivity index (χ4n) is 1.86. The van der Waals surface area contributed by atoms with Gasteiger partial charge in [0.05, 0.1) is 4.83 Å². The molecule has 0 aromatic carbocycles. The summed E-state index contributed by atoms with van der Waals surface area (Å²) in [6, 6.07) is 0. The van der Waals surface area contributed by atoms with Gasteiger partial charge in [-0.3, -0.25) is 4.79 Å². The molecule has 0 aromatic rings. The van der Waals surface area contributed by atoms with Gasteiger partial charge in [0, 0.05) is 5.92 Å². The van der Waals surface area contributed by atoms with E-state index in [0.717, 1.165) is 0 Å². The molecule has 1 saturated carbocycles. The Labute approximate surface area is 115 Å². The molecule has 0 aliphatic heterocycles. The molecule has 3 atom stereocenters. The summed E-state index contributed by atoms with van der Waals surface area (Å²) in [5.74, 6) is -0.121. The summed E-state index contributed by atoms with van der Waals surface area (Å²) in [5, 5.41) is -0.325. The number of rotatable bonds is 3. The first kappa shape index (κ1) is 13.6. The molecule has 6 heteroatoms.